The number of thiophene rings is 1. The molecule has 1 heterocycles. The molecule has 0 bridgehead atoms. The summed E-state index contributed by atoms with van der Waals surface area (Å²) in [5.41, 5.74) is 0. The summed E-state index contributed by atoms with van der Waals surface area (Å²) >= 11 is 1.35. The van der Waals surface area contributed by atoms with Gasteiger partial charge in [-0.1, -0.05) is 12.1 Å². The summed E-state index contributed by atoms with van der Waals surface area (Å²) in [6, 6.07) is 3.50. The van der Waals surface area contributed by atoms with Gasteiger partial charge in [-0.2, -0.15) is 0 Å². The zero-order chi connectivity index (χ0) is 9.19. The largest absolute Gasteiger partial charge is 0.228 e. The molecule has 0 aliphatic rings. The number of sulfonamides is 1. The second-order valence-electron chi connectivity index (χ2n) is 2.26. The van der Waals surface area contributed by atoms with Gasteiger partial charge in [-0.05, 0) is 11.4 Å². The third-order valence-electron chi connectivity index (χ3n) is 1.39. The van der Waals surface area contributed by atoms with Crippen LogP contribution >= 0.6 is 11.3 Å². The van der Waals surface area contributed by atoms with Gasteiger partial charge in [-0.15, -0.1) is 17.9 Å². The smallest absolute Gasteiger partial charge is 0.220 e. The number of hydrogen-bond donors (Lipinski definition) is 1. The van der Waals surface area contributed by atoms with Gasteiger partial charge in [-0.3, -0.25) is 0 Å². The maximum absolute atomic E-state index is 11.0. The van der Waals surface area contributed by atoms with E-state index in [4.69, 9.17) is 5.14 Å². The summed E-state index contributed by atoms with van der Waals surface area (Å²) in [6.45, 7) is 3.43. The predicted octanol–water partition coefficient (Wildman–Crippen LogP) is 1.26. The van der Waals surface area contributed by atoms with Crippen molar-refractivity contribution in [2.45, 2.75) is 5.25 Å². The molecule has 0 saturated carbocycles. The van der Waals surface area contributed by atoms with Crippen LogP contribution < -0.4 is 5.14 Å². The van der Waals surface area contributed by atoms with Gasteiger partial charge in [0.05, 0.1) is 0 Å². The Hall–Kier alpha value is -0.650. The van der Waals surface area contributed by atoms with E-state index in [1.807, 2.05) is 0 Å². The number of primary sulfonamides is 1. The topological polar surface area (TPSA) is 60.2 Å². The molecule has 1 aromatic heterocycles. The van der Waals surface area contributed by atoms with Crippen molar-refractivity contribution in [2.75, 3.05) is 0 Å². The fourth-order valence-electron chi connectivity index (χ4n) is 0.865. The van der Waals surface area contributed by atoms with Gasteiger partial charge < -0.3 is 0 Å². The molecule has 0 radical (unpaired) electrons. The molecular weight excluding hydrogens is 194 g/mol. The van der Waals surface area contributed by atoms with Gasteiger partial charge in [0.2, 0.25) is 10.0 Å². The van der Waals surface area contributed by atoms with E-state index in [2.05, 4.69) is 6.58 Å². The van der Waals surface area contributed by atoms with Crippen LogP contribution in [-0.2, 0) is 10.0 Å². The quantitative estimate of drug-likeness (QED) is 0.752. The molecule has 2 N–H and O–H groups in total. The van der Waals surface area contributed by atoms with Crippen molar-refractivity contribution in [3.8, 4) is 0 Å². The summed E-state index contributed by atoms with van der Waals surface area (Å²) in [5.74, 6) is 0. The molecule has 1 aromatic rings. The predicted molar refractivity (Wildman–Crippen MR) is 50.4 cm³/mol. The Kier molecular flexibility index (Phi) is 2.66. The minimum absolute atomic E-state index is 0.701. The van der Waals surface area contributed by atoms with Crippen LogP contribution in [0.2, 0.25) is 0 Å². The van der Waals surface area contributed by atoms with Crippen LogP contribution in [0.25, 0.3) is 0 Å². The van der Waals surface area contributed by atoms with E-state index in [0.29, 0.717) is 4.88 Å². The van der Waals surface area contributed by atoms with E-state index in [1.54, 1.807) is 17.5 Å². The first-order valence-electron chi connectivity index (χ1n) is 3.23. The molecule has 0 spiro atoms. The molecule has 1 unspecified atom stereocenters. The van der Waals surface area contributed by atoms with Gasteiger partial charge in [-0.25, -0.2) is 13.6 Å². The van der Waals surface area contributed by atoms with E-state index < -0.39 is 15.3 Å². The van der Waals surface area contributed by atoms with Crippen LogP contribution in [0.4, 0.5) is 0 Å². The molecule has 1 atom stereocenters. The Bertz CT molecular complexity index is 353. The second-order valence-corrected chi connectivity index (χ2v) is 4.93. The minimum atomic E-state index is -3.55. The number of rotatable bonds is 3. The highest BCUT2D eigenvalue weighted by atomic mass is 32.2. The lowest BCUT2D eigenvalue weighted by atomic mass is 10.3. The lowest BCUT2D eigenvalue weighted by Gasteiger charge is -2.05. The lowest BCUT2D eigenvalue weighted by molar-refractivity contribution is 0.592. The first-order chi connectivity index (χ1) is 5.55. The molecule has 0 aliphatic heterocycles. The summed E-state index contributed by atoms with van der Waals surface area (Å²) in [7, 11) is -3.55. The molecule has 12 heavy (non-hydrogen) atoms. The van der Waals surface area contributed by atoms with Crippen LogP contribution in [0.3, 0.4) is 0 Å². The summed E-state index contributed by atoms with van der Waals surface area (Å²) in [6.07, 6.45) is 1.33. The van der Waals surface area contributed by atoms with Gasteiger partial charge in [0.1, 0.15) is 5.25 Å². The lowest BCUT2D eigenvalue weighted by Crippen LogP contribution is -2.19. The maximum Gasteiger partial charge on any atom is 0.220 e. The third kappa shape index (κ3) is 1.94. The van der Waals surface area contributed by atoms with Crippen molar-refractivity contribution < 1.29 is 8.42 Å². The molecule has 0 aromatic carbocycles. The van der Waals surface area contributed by atoms with Gasteiger partial charge >= 0.3 is 0 Å². The normalized spacial score (nSPS) is 14.1. The minimum Gasteiger partial charge on any atom is -0.228 e. The van der Waals surface area contributed by atoms with Crippen molar-refractivity contribution >= 4 is 21.4 Å². The zero-order valence-corrected chi connectivity index (χ0v) is 7.94. The van der Waals surface area contributed by atoms with Crippen LogP contribution in [0.5, 0.6) is 0 Å². The Morgan fingerprint density at radius 1 is 1.67 bits per heavy atom. The Morgan fingerprint density at radius 2 is 2.33 bits per heavy atom. The molecule has 3 nitrogen and oxygen atoms in total. The number of nitrogens with two attached hydrogens (primary N) is 1. The molecule has 1 rings (SSSR count). The highest BCUT2D eigenvalue weighted by Crippen LogP contribution is 2.25. The highest BCUT2D eigenvalue weighted by Gasteiger charge is 2.20. The van der Waals surface area contributed by atoms with Gasteiger partial charge in [0, 0.05) is 4.88 Å². The van der Waals surface area contributed by atoms with Crippen LogP contribution in [0, 0.1) is 0 Å². The molecule has 0 aliphatic carbocycles. The number of hydrogen-bond acceptors (Lipinski definition) is 3. The highest BCUT2D eigenvalue weighted by molar-refractivity contribution is 7.89. The molecular formula is C7H9NO2S2. The fraction of sp³-hybridized carbons (Fsp3) is 0.143. The Labute approximate surface area is 75.6 Å². The molecule has 5 heteroatoms. The summed E-state index contributed by atoms with van der Waals surface area (Å²) in [5, 5.41) is 6.03. The van der Waals surface area contributed by atoms with Crippen molar-refractivity contribution in [1.29, 1.82) is 0 Å². The van der Waals surface area contributed by atoms with Gasteiger partial charge in [0.15, 0.2) is 0 Å². The maximum atomic E-state index is 11.0. The summed E-state index contributed by atoms with van der Waals surface area (Å²) in [4.78, 5) is 0.701. The van der Waals surface area contributed by atoms with Crippen molar-refractivity contribution in [1.82, 2.24) is 0 Å². The first-order valence-corrected chi connectivity index (χ1v) is 5.72. The second kappa shape index (κ2) is 3.38. The third-order valence-corrected chi connectivity index (χ3v) is 3.65. The van der Waals surface area contributed by atoms with Crippen molar-refractivity contribution in [3.05, 3.63) is 35.0 Å². The molecule has 66 valence electrons. The SMILES string of the molecule is C=CC(c1cccs1)S(N)(=O)=O. The molecule has 0 amide bonds. The monoisotopic (exact) mass is 203 g/mol. The van der Waals surface area contributed by atoms with E-state index >= 15 is 0 Å². The van der Waals surface area contributed by atoms with Crippen LogP contribution in [-0.4, -0.2) is 8.42 Å². The Morgan fingerprint density at radius 3 is 2.67 bits per heavy atom. The van der Waals surface area contributed by atoms with Gasteiger partial charge in [0.25, 0.3) is 0 Å². The van der Waals surface area contributed by atoms with E-state index in [1.165, 1.54) is 17.4 Å². The van der Waals surface area contributed by atoms with E-state index in [-0.39, 0.29) is 0 Å². The van der Waals surface area contributed by atoms with Crippen molar-refractivity contribution in [3.63, 3.8) is 0 Å². The molecule has 0 fully saturated rings. The van der Waals surface area contributed by atoms with Crippen LogP contribution in [0.15, 0.2) is 30.2 Å². The Balaban J connectivity index is 3.08. The van der Waals surface area contributed by atoms with E-state index in [9.17, 15) is 8.42 Å². The standard InChI is InChI=1S/C7H9NO2S2/c1-2-7(12(8,9)10)6-4-3-5-11-6/h2-5,7H,1H2,(H2,8,9,10). The van der Waals surface area contributed by atoms with E-state index in [0.717, 1.165) is 0 Å². The average Bonchev–Trinajstić information content (AvgIpc) is 2.38. The average molecular weight is 203 g/mol. The van der Waals surface area contributed by atoms with Crippen LogP contribution in [0.1, 0.15) is 10.1 Å². The molecule has 0 saturated heterocycles. The first kappa shape index (κ1) is 9.44. The summed E-state index contributed by atoms with van der Waals surface area (Å²) < 4.78 is 21.9. The fourth-order valence-corrected chi connectivity index (χ4v) is 2.81. The van der Waals surface area contributed by atoms with Crippen molar-refractivity contribution in [2.24, 2.45) is 5.14 Å². The zero-order valence-electron chi connectivity index (χ0n) is 6.30.